The van der Waals surface area contributed by atoms with E-state index in [1.165, 1.54) is 38.4 Å². The number of halogens is 1. The van der Waals surface area contributed by atoms with Crippen LogP contribution in [-0.4, -0.2) is 38.9 Å². The summed E-state index contributed by atoms with van der Waals surface area (Å²) < 4.78 is 59.8. The lowest BCUT2D eigenvalue weighted by molar-refractivity contribution is 0.0964. The smallest absolute Gasteiger partial charge is 0.255 e. The molecule has 0 radical (unpaired) electrons. The van der Waals surface area contributed by atoms with Crippen LogP contribution < -0.4 is 9.62 Å². The van der Waals surface area contributed by atoms with Crippen LogP contribution in [0.1, 0.15) is 26.7 Å². The van der Waals surface area contributed by atoms with Crippen LogP contribution in [-0.2, 0) is 27.2 Å². The number of fused-ring (bicyclic) bond motifs is 2. The molecule has 0 saturated carbocycles. The average Bonchev–Trinajstić information content (AvgIpc) is 3.53. The molecule has 1 N–H and O–H groups in total. The van der Waals surface area contributed by atoms with Gasteiger partial charge in [0.15, 0.2) is 0 Å². The zero-order chi connectivity index (χ0) is 29.8. The average molecular weight is 603 g/mol. The van der Waals surface area contributed by atoms with E-state index >= 15 is 0 Å². The third kappa shape index (κ3) is 4.80. The summed E-state index contributed by atoms with van der Waals surface area (Å²) in [4.78, 5) is 14.0. The van der Waals surface area contributed by atoms with Crippen molar-refractivity contribution in [2.24, 2.45) is 0 Å². The second-order valence-electron chi connectivity index (χ2n) is 10.2. The first-order valence-corrected chi connectivity index (χ1v) is 16.2. The van der Waals surface area contributed by atoms with E-state index in [2.05, 4.69) is 5.32 Å². The Labute approximate surface area is 245 Å². The molecule has 0 fully saturated rings. The molecule has 5 aromatic rings. The Hall–Kier alpha value is -4.28. The largest absolute Gasteiger partial charge is 0.455 e. The molecule has 0 spiro atoms. The number of hydrogen-bond donors (Lipinski definition) is 1. The first-order valence-electron chi connectivity index (χ1n) is 13.2. The van der Waals surface area contributed by atoms with Crippen LogP contribution in [0.5, 0.6) is 0 Å². The molecule has 0 bridgehead atoms. The molecule has 1 aliphatic heterocycles. The predicted molar refractivity (Wildman–Crippen MR) is 163 cm³/mol. The van der Waals surface area contributed by atoms with Gasteiger partial charge in [-0.25, -0.2) is 12.8 Å². The van der Waals surface area contributed by atoms with Crippen LogP contribution in [0, 0.1) is 5.82 Å². The van der Waals surface area contributed by atoms with Crippen LogP contribution in [0.15, 0.2) is 94.2 Å². The molecule has 10 heteroatoms. The van der Waals surface area contributed by atoms with Crippen LogP contribution in [0.4, 0.5) is 10.1 Å². The molecule has 2 atom stereocenters. The quantitative estimate of drug-likeness (QED) is 0.255. The Kier molecular flexibility index (Phi) is 6.98. The SMILES string of the molecule is CNC(=O)c1c(-c2ccc(F)cc2)oc2cc(N(C)S(C)(=O)=O)c(-c3cccc(C4Cc5ccccc5S4=O)c3)cc12. The lowest BCUT2D eigenvalue weighted by atomic mass is 9.96. The van der Waals surface area contributed by atoms with Gasteiger partial charge >= 0.3 is 0 Å². The fourth-order valence-electron chi connectivity index (χ4n) is 5.40. The fourth-order valence-corrected chi connectivity index (χ4v) is 7.56. The summed E-state index contributed by atoms with van der Waals surface area (Å²) in [6, 6.07) is 24.2. The lowest BCUT2D eigenvalue weighted by Crippen LogP contribution is -2.25. The number of nitrogens with zero attached hydrogens (tertiary/aromatic N) is 1. The summed E-state index contributed by atoms with van der Waals surface area (Å²) in [7, 11) is -1.96. The van der Waals surface area contributed by atoms with Gasteiger partial charge in [0.25, 0.3) is 5.91 Å². The van der Waals surface area contributed by atoms with E-state index in [4.69, 9.17) is 4.42 Å². The maximum Gasteiger partial charge on any atom is 0.255 e. The summed E-state index contributed by atoms with van der Waals surface area (Å²) in [6.45, 7) is 0. The Morgan fingerprint density at radius 2 is 1.74 bits per heavy atom. The van der Waals surface area contributed by atoms with E-state index in [0.717, 1.165) is 26.6 Å². The number of sulfonamides is 1. The molecule has 2 heterocycles. The number of anilines is 1. The van der Waals surface area contributed by atoms with Gasteiger partial charge in [-0.2, -0.15) is 0 Å². The van der Waals surface area contributed by atoms with Gasteiger partial charge in [-0.3, -0.25) is 13.3 Å². The molecule has 7 nitrogen and oxygen atoms in total. The highest BCUT2D eigenvalue weighted by atomic mass is 32.2. The number of carbonyl (C=O) groups is 1. The maximum absolute atomic E-state index is 13.7. The third-order valence-corrected chi connectivity index (χ3v) is 10.6. The minimum absolute atomic E-state index is 0.238. The van der Waals surface area contributed by atoms with Crippen molar-refractivity contribution in [1.29, 1.82) is 0 Å². The highest BCUT2D eigenvalue weighted by Crippen LogP contribution is 2.43. The molecule has 4 aromatic carbocycles. The molecular formula is C32H27FN2O5S2. The number of rotatable bonds is 6. The monoisotopic (exact) mass is 602 g/mol. The lowest BCUT2D eigenvalue weighted by Gasteiger charge is -2.21. The zero-order valence-corrected chi connectivity index (χ0v) is 24.7. The Morgan fingerprint density at radius 3 is 2.43 bits per heavy atom. The Bertz CT molecular complexity index is 2000. The molecule has 0 aliphatic carbocycles. The van der Waals surface area contributed by atoms with Crippen molar-refractivity contribution in [2.75, 3.05) is 24.7 Å². The van der Waals surface area contributed by atoms with Crippen molar-refractivity contribution in [3.8, 4) is 22.5 Å². The molecule has 1 aromatic heterocycles. The van der Waals surface area contributed by atoms with Crippen molar-refractivity contribution in [3.63, 3.8) is 0 Å². The zero-order valence-electron chi connectivity index (χ0n) is 23.1. The third-order valence-electron chi connectivity index (χ3n) is 7.63. The van der Waals surface area contributed by atoms with E-state index < -0.39 is 32.5 Å². The Morgan fingerprint density at radius 1 is 1.00 bits per heavy atom. The molecule has 0 saturated heterocycles. The van der Waals surface area contributed by atoms with Crippen LogP contribution in [0.25, 0.3) is 33.4 Å². The van der Waals surface area contributed by atoms with Gasteiger partial charge in [0.2, 0.25) is 10.0 Å². The fraction of sp³-hybridized carbons (Fsp3) is 0.156. The van der Waals surface area contributed by atoms with Gasteiger partial charge in [0, 0.05) is 41.6 Å². The van der Waals surface area contributed by atoms with Gasteiger partial charge in [0.05, 0.1) is 33.6 Å². The van der Waals surface area contributed by atoms with E-state index in [9.17, 15) is 21.8 Å². The van der Waals surface area contributed by atoms with Crippen LogP contribution >= 0.6 is 0 Å². The topological polar surface area (TPSA) is 96.7 Å². The molecule has 1 aliphatic rings. The number of nitrogens with one attached hydrogen (secondary N) is 1. The van der Waals surface area contributed by atoms with Gasteiger partial charge in [-0.05, 0) is 65.6 Å². The number of furan rings is 1. The van der Waals surface area contributed by atoms with Gasteiger partial charge in [-0.15, -0.1) is 0 Å². The number of benzene rings is 4. The molecule has 2 unspecified atom stereocenters. The minimum Gasteiger partial charge on any atom is -0.455 e. The van der Waals surface area contributed by atoms with Crippen molar-refractivity contribution in [2.45, 2.75) is 16.6 Å². The minimum atomic E-state index is -3.69. The molecule has 214 valence electrons. The van der Waals surface area contributed by atoms with Gasteiger partial charge in [-0.1, -0.05) is 36.4 Å². The number of amides is 1. The first kappa shape index (κ1) is 27.9. The summed E-state index contributed by atoms with van der Waals surface area (Å²) in [5, 5.41) is 2.87. The van der Waals surface area contributed by atoms with Crippen molar-refractivity contribution < 1.29 is 26.2 Å². The van der Waals surface area contributed by atoms with Crippen molar-refractivity contribution >= 4 is 43.4 Å². The van der Waals surface area contributed by atoms with Crippen LogP contribution in [0.3, 0.4) is 0 Å². The highest BCUT2D eigenvalue weighted by Gasteiger charge is 2.31. The summed E-state index contributed by atoms with van der Waals surface area (Å²) in [5.74, 6) is -0.597. The summed E-state index contributed by atoms with van der Waals surface area (Å²) in [5.41, 5.74) is 4.54. The second-order valence-corrected chi connectivity index (χ2v) is 13.8. The van der Waals surface area contributed by atoms with Crippen LogP contribution in [0.2, 0.25) is 0 Å². The van der Waals surface area contributed by atoms with Crippen molar-refractivity contribution in [1.82, 2.24) is 5.32 Å². The van der Waals surface area contributed by atoms with E-state index in [-0.39, 0.29) is 16.6 Å². The number of hydrogen-bond acceptors (Lipinski definition) is 5. The molecule has 1 amide bonds. The summed E-state index contributed by atoms with van der Waals surface area (Å²) >= 11 is 0. The second kappa shape index (κ2) is 10.5. The predicted octanol–water partition coefficient (Wildman–Crippen LogP) is 6.07. The van der Waals surface area contributed by atoms with E-state index in [1.54, 1.807) is 12.1 Å². The highest BCUT2D eigenvalue weighted by molar-refractivity contribution is 7.92. The van der Waals surface area contributed by atoms with Gasteiger partial charge in [0.1, 0.15) is 17.2 Å². The first-order chi connectivity index (χ1) is 20.1. The Balaban J connectivity index is 1.57. The molecule has 6 rings (SSSR count). The van der Waals surface area contributed by atoms with Crippen molar-refractivity contribution in [3.05, 3.63) is 107 Å². The van der Waals surface area contributed by atoms with E-state index in [1.807, 2.05) is 48.5 Å². The summed E-state index contributed by atoms with van der Waals surface area (Å²) in [6.07, 6.45) is 1.74. The van der Waals surface area contributed by atoms with E-state index in [0.29, 0.717) is 39.8 Å². The maximum atomic E-state index is 13.7. The van der Waals surface area contributed by atoms with Gasteiger partial charge < -0.3 is 9.73 Å². The standard InChI is InChI=1S/C32H27FN2O5S2/c1-34-32(36)30-25-17-24(20-8-6-9-21(15-20)29-16-22-7-4-5-10-28(22)41(29)37)26(35(2)42(3,38)39)18-27(25)40-31(30)19-11-13-23(33)14-12-19/h4-15,17-18,29H,16H2,1-3H3,(H,34,36). The molecule has 42 heavy (non-hydrogen) atoms. The normalized spacial score (nSPS) is 16.4. The number of carbonyl (C=O) groups excluding carboxylic acids is 1. The molecular weight excluding hydrogens is 575 g/mol.